The molecule has 1 atom stereocenters. The van der Waals surface area contributed by atoms with E-state index in [0.29, 0.717) is 18.1 Å². The van der Waals surface area contributed by atoms with Crippen LogP contribution >= 0.6 is 12.4 Å². The first kappa shape index (κ1) is 20.9. The molecule has 0 saturated heterocycles. The molecule has 3 N–H and O–H groups in total. The van der Waals surface area contributed by atoms with Gasteiger partial charge in [0.05, 0.1) is 0 Å². The highest BCUT2D eigenvalue weighted by Gasteiger charge is 2.23. The van der Waals surface area contributed by atoms with Gasteiger partial charge in [0.25, 0.3) is 0 Å². The predicted octanol–water partition coefficient (Wildman–Crippen LogP) is 2.88. The van der Waals surface area contributed by atoms with Crippen molar-refractivity contribution in [1.82, 2.24) is 15.5 Å². The van der Waals surface area contributed by atoms with Gasteiger partial charge < -0.3 is 15.6 Å². The molecule has 1 aromatic heterocycles. The molecule has 7 heteroatoms. The third-order valence-corrected chi connectivity index (χ3v) is 3.22. The largest absolute Gasteiger partial charge is 0.345 e. The van der Waals surface area contributed by atoms with Crippen molar-refractivity contribution in [2.45, 2.75) is 71.3 Å². The maximum absolute atomic E-state index is 11.8. The third-order valence-electron chi connectivity index (χ3n) is 3.22. The molecule has 0 radical (unpaired) electrons. The van der Waals surface area contributed by atoms with Crippen molar-refractivity contribution in [3.8, 4) is 0 Å². The second kappa shape index (κ2) is 9.79. The number of amides is 1. The van der Waals surface area contributed by atoms with Gasteiger partial charge in [0.1, 0.15) is 6.04 Å². The van der Waals surface area contributed by atoms with E-state index in [4.69, 9.17) is 10.3 Å². The number of carbonyl (C=O) groups excluding carboxylic acids is 1. The SMILES string of the molecule is CC(NC(=O)CCCCCCN)c1nc(C(C)(C)C)no1.Cl. The minimum Gasteiger partial charge on any atom is -0.345 e. The Labute approximate surface area is 139 Å². The Kier molecular flexibility index (Phi) is 9.28. The van der Waals surface area contributed by atoms with Crippen LogP contribution in [0.2, 0.25) is 0 Å². The minimum absolute atomic E-state index is 0. The summed E-state index contributed by atoms with van der Waals surface area (Å²) in [5.74, 6) is 1.13. The molecule has 1 aromatic rings. The lowest BCUT2D eigenvalue weighted by atomic mass is 9.96. The van der Waals surface area contributed by atoms with Crippen LogP contribution in [-0.2, 0) is 10.2 Å². The fraction of sp³-hybridized carbons (Fsp3) is 0.800. The number of carbonyl (C=O) groups is 1. The highest BCUT2D eigenvalue weighted by molar-refractivity contribution is 5.85. The zero-order chi connectivity index (χ0) is 15.9. The predicted molar refractivity (Wildman–Crippen MR) is 88.9 cm³/mol. The van der Waals surface area contributed by atoms with Gasteiger partial charge in [-0.1, -0.05) is 38.8 Å². The van der Waals surface area contributed by atoms with E-state index in [1.165, 1.54) is 0 Å². The van der Waals surface area contributed by atoms with Crippen LogP contribution in [0, 0.1) is 0 Å². The molecule has 22 heavy (non-hydrogen) atoms. The van der Waals surface area contributed by atoms with Gasteiger partial charge in [-0.15, -0.1) is 12.4 Å². The first-order valence-corrected chi connectivity index (χ1v) is 7.68. The lowest BCUT2D eigenvalue weighted by molar-refractivity contribution is -0.122. The second-order valence-electron chi connectivity index (χ2n) is 6.45. The number of unbranched alkanes of at least 4 members (excludes halogenated alkanes) is 3. The summed E-state index contributed by atoms with van der Waals surface area (Å²) in [7, 11) is 0. The minimum atomic E-state index is -0.259. The smallest absolute Gasteiger partial charge is 0.248 e. The summed E-state index contributed by atoms with van der Waals surface area (Å²) in [6.45, 7) is 8.63. The standard InChI is InChI=1S/C15H28N4O2.ClH/c1-11(13-18-14(19-21-13)15(2,3)4)17-12(20)9-7-5-6-8-10-16;/h11H,5-10,16H2,1-4H3,(H,17,20);1H. The molecule has 1 amide bonds. The number of hydrogen-bond donors (Lipinski definition) is 2. The van der Waals surface area contributed by atoms with Crippen molar-refractivity contribution in [3.63, 3.8) is 0 Å². The van der Waals surface area contributed by atoms with Crippen molar-refractivity contribution < 1.29 is 9.32 Å². The molecule has 0 aliphatic rings. The van der Waals surface area contributed by atoms with Crippen LogP contribution in [0.25, 0.3) is 0 Å². The van der Waals surface area contributed by atoms with Crippen molar-refractivity contribution in [2.75, 3.05) is 6.54 Å². The van der Waals surface area contributed by atoms with E-state index in [1.54, 1.807) is 0 Å². The summed E-state index contributed by atoms with van der Waals surface area (Å²) in [5, 5.41) is 6.85. The molecule has 0 aliphatic heterocycles. The number of nitrogens with two attached hydrogens (primary N) is 1. The van der Waals surface area contributed by atoms with Crippen LogP contribution in [0.1, 0.15) is 77.6 Å². The summed E-state index contributed by atoms with van der Waals surface area (Å²) in [4.78, 5) is 16.2. The summed E-state index contributed by atoms with van der Waals surface area (Å²) < 4.78 is 5.22. The van der Waals surface area contributed by atoms with Crippen LogP contribution in [0.15, 0.2) is 4.52 Å². The van der Waals surface area contributed by atoms with E-state index < -0.39 is 0 Å². The van der Waals surface area contributed by atoms with Gasteiger partial charge in [-0.25, -0.2) is 0 Å². The Hall–Kier alpha value is -1.14. The summed E-state index contributed by atoms with van der Waals surface area (Å²) in [6.07, 6.45) is 4.55. The first-order valence-electron chi connectivity index (χ1n) is 7.68. The van der Waals surface area contributed by atoms with Crippen LogP contribution in [-0.4, -0.2) is 22.6 Å². The van der Waals surface area contributed by atoms with Gasteiger partial charge >= 0.3 is 0 Å². The number of aromatic nitrogens is 2. The summed E-state index contributed by atoms with van der Waals surface area (Å²) in [5.41, 5.74) is 5.27. The third kappa shape index (κ3) is 7.22. The average Bonchev–Trinajstić information content (AvgIpc) is 2.88. The van der Waals surface area contributed by atoms with Crippen molar-refractivity contribution >= 4 is 18.3 Å². The number of nitrogens with zero attached hydrogens (tertiary/aromatic N) is 2. The molecule has 0 saturated carbocycles. The Balaban J connectivity index is 0.00000441. The fourth-order valence-electron chi connectivity index (χ4n) is 1.87. The number of rotatable bonds is 8. The van der Waals surface area contributed by atoms with E-state index in [0.717, 1.165) is 32.2 Å². The Morgan fingerprint density at radius 2 is 1.91 bits per heavy atom. The molecule has 128 valence electrons. The quantitative estimate of drug-likeness (QED) is 0.714. The lowest BCUT2D eigenvalue weighted by Crippen LogP contribution is -2.26. The van der Waals surface area contributed by atoms with E-state index in [-0.39, 0.29) is 29.8 Å². The fourth-order valence-corrected chi connectivity index (χ4v) is 1.87. The Bertz CT molecular complexity index is 443. The zero-order valence-electron chi connectivity index (χ0n) is 14.0. The van der Waals surface area contributed by atoms with Gasteiger partial charge in [-0.2, -0.15) is 4.98 Å². The Morgan fingerprint density at radius 1 is 1.27 bits per heavy atom. The van der Waals surface area contributed by atoms with Crippen LogP contribution < -0.4 is 11.1 Å². The average molecular weight is 333 g/mol. The monoisotopic (exact) mass is 332 g/mol. The van der Waals surface area contributed by atoms with Crippen molar-refractivity contribution in [1.29, 1.82) is 0 Å². The van der Waals surface area contributed by atoms with E-state index in [1.807, 2.05) is 27.7 Å². The molecule has 0 aliphatic carbocycles. The molecule has 0 bridgehead atoms. The molecular formula is C15H29ClN4O2. The summed E-state index contributed by atoms with van der Waals surface area (Å²) in [6, 6.07) is -0.259. The van der Waals surface area contributed by atoms with Crippen LogP contribution in [0.5, 0.6) is 0 Å². The molecule has 1 rings (SSSR count). The number of nitrogens with one attached hydrogen (secondary N) is 1. The molecule has 0 fully saturated rings. The highest BCUT2D eigenvalue weighted by Crippen LogP contribution is 2.20. The van der Waals surface area contributed by atoms with Gasteiger partial charge in [-0.05, 0) is 26.3 Å². The van der Waals surface area contributed by atoms with Crippen molar-refractivity contribution in [3.05, 3.63) is 11.7 Å². The first-order chi connectivity index (χ1) is 9.84. The maximum atomic E-state index is 11.8. The number of halogens is 1. The van der Waals surface area contributed by atoms with Crippen LogP contribution in [0.3, 0.4) is 0 Å². The molecule has 6 nitrogen and oxygen atoms in total. The molecule has 1 unspecified atom stereocenters. The van der Waals surface area contributed by atoms with Gasteiger partial charge in [-0.3, -0.25) is 4.79 Å². The van der Waals surface area contributed by atoms with Gasteiger partial charge in [0.2, 0.25) is 11.8 Å². The normalized spacial score (nSPS) is 12.6. The molecular weight excluding hydrogens is 304 g/mol. The van der Waals surface area contributed by atoms with Crippen LogP contribution in [0.4, 0.5) is 0 Å². The molecule has 0 aromatic carbocycles. The highest BCUT2D eigenvalue weighted by atomic mass is 35.5. The number of hydrogen-bond acceptors (Lipinski definition) is 5. The lowest BCUT2D eigenvalue weighted by Gasteiger charge is -2.12. The zero-order valence-corrected chi connectivity index (χ0v) is 14.8. The molecule has 1 heterocycles. The van der Waals surface area contributed by atoms with Crippen molar-refractivity contribution in [2.24, 2.45) is 5.73 Å². The second-order valence-corrected chi connectivity index (χ2v) is 6.45. The van der Waals surface area contributed by atoms with E-state index >= 15 is 0 Å². The van der Waals surface area contributed by atoms with E-state index in [2.05, 4.69) is 15.5 Å². The molecule has 0 spiro atoms. The van der Waals surface area contributed by atoms with Gasteiger partial charge in [0.15, 0.2) is 5.82 Å². The summed E-state index contributed by atoms with van der Waals surface area (Å²) >= 11 is 0. The van der Waals surface area contributed by atoms with E-state index in [9.17, 15) is 4.79 Å². The topological polar surface area (TPSA) is 94.0 Å². The Morgan fingerprint density at radius 3 is 2.45 bits per heavy atom. The van der Waals surface area contributed by atoms with Gasteiger partial charge in [0, 0.05) is 11.8 Å². The maximum Gasteiger partial charge on any atom is 0.248 e.